The Bertz CT molecular complexity index is 860. The zero-order valence-corrected chi connectivity index (χ0v) is 21.1. The molecule has 3 aliphatic rings. The number of methoxy groups -OCH3 is 2. The molecular weight excluding hydrogens is 463 g/mol. The van der Waals surface area contributed by atoms with Crippen LogP contribution < -0.4 is 15.4 Å². The lowest BCUT2D eigenvalue weighted by molar-refractivity contribution is -0.126. The molecule has 34 heavy (non-hydrogen) atoms. The van der Waals surface area contributed by atoms with Crippen molar-refractivity contribution in [2.24, 2.45) is 17.8 Å². The smallest absolute Gasteiger partial charge is 0.258 e. The summed E-state index contributed by atoms with van der Waals surface area (Å²) in [6.45, 7) is 4.40. The number of benzene rings is 1. The molecule has 0 aromatic heterocycles. The van der Waals surface area contributed by atoms with Crippen molar-refractivity contribution < 1.29 is 28.2 Å². The van der Waals surface area contributed by atoms with E-state index in [-0.39, 0.29) is 64.7 Å². The highest BCUT2D eigenvalue weighted by atomic mass is 35.5. The zero-order valence-electron chi connectivity index (χ0n) is 20.4. The molecule has 2 bridgehead atoms. The van der Waals surface area contributed by atoms with Gasteiger partial charge in [0.15, 0.2) is 6.61 Å². The SMILES string of the molecule is CCC(OC)C(CNC(=O)C1CC2(NC(=O)COc3ccc(Cl)c(F)c3)CC1C2)CC(C)OC. The lowest BCUT2D eigenvalue weighted by Gasteiger charge is -2.39. The number of ether oxygens (including phenoxy) is 3. The van der Waals surface area contributed by atoms with Crippen LogP contribution in [0.2, 0.25) is 5.02 Å². The maximum absolute atomic E-state index is 13.5. The number of fused-ring (bicyclic) bond motifs is 1. The maximum Gasteiger partial charge on any atom is 0.258 e. The molecule has 7 nitrogen and oxygen atoms in total. The monoisotopic (exact) mass is 498 g/mol. The van der Waals surface area contributed by atoms with Crippen molar-refractivity contribution in [1.29, 1.82) is 0 Å². The van der Waals surface area contributed by atoms with Gasteiger partial charge in [0.25, 0.3) is 5.91 Å². The van der Waals surface area contributed by atoms with Gasteiger partial charge in [-0.1, -0.05) is 18.5 Å². The van der Waals surface area contributed by atoms with E-state index in [9.17, 15) is 14.0 Å². The number of amides is 2. The average Bonchev–Trinajstić information content (AvgIpc) is 3.34. The number of halogens is 2. The molecule has 4 atom stereocenters. The van der Waals surface area contributed by atoms with Crippen LogP contribution in [0.25, 0.3) is 0 Å². The van der Waals surface area contributed by atoms with E-state index in [2.05, 4.69) is 17.6 Å². The molecule has 9 heteroatoms. The van der Waals surface area contributed by atoms with E-state index >= 15 is 0 Å². The van der Waals surface area contributed by atoms with Crippen LogP contribution in [-0.2, 0) is 19.1 Å². The fourth-order valence-electron chi connectivity index (χ4n) is 5.43. The van der Waals surface area contributed by atoms with Gasteiger partial charge in [0.2, 0.25) is 5.91 Å². The van der Waals surface area contributed by atoms with Gasteiger partial charge in [0.1, 0.15) is 11.6 Å². The molecule has 0 spiro atoms. The molecule has 0 saturated heterocycles. The highest BCUT2D eigenvalue weighted by Gasteiger charge is 2.58. The third kappa shape index (κ3) is 6.40. The van der Waals surface area contributed by atoms with Crippen molar-refractivity contribution in [2.75, 3.05) is 27.4 Å². The number of carbonyl (C=O) groups excluding carboxylic acids is 2. The van der Waals surface area contributed by atoms with Crippen LogP contribution in [0.15, 0.2) is 18.2 Å². The largest absolute Gasteiger partial charge is 0.484 e. The van der Waals surface area contributed by atoms with E-state index in [4.69, 9.17) is 25.8 Å². The van der Waals surface area contributed by atoms with Crippen LogP contribution in [0, 0.1) is 23.6 Å². The molecule has 3 aliphatic carbocycles. The van der Waals surface area contributed by atoms with Crippen molar-refractivity contribution >= 4 is 23.4 Å². The molecule has 3 saturated carbocycles. The van der Waals surface area contributed by atoms with Crippen molar-refractivity contribution in [3.8, 4) is 5.75 Å². The van der Waals surface area contributed by atoms with Gasteiger partial charge in [-0.2, -0.15) is 0 Å². The summed E-state index contributed by atoms with van der Waals surface area (Å²) in [6.07, 6.45) is 3.98. The summed E-state index contributed by atoms with van der Waals surface area (Å²) >= 11 is 5.66. The topological polar surface area (TPSA) is 85.9 Å². The third-order valence-electron chi connectivity index (χ3n) is 7.29. The standard InChI is InChI=1S/C25H36ClFN2O5/c1-5-22(33-4)16(8-15(2)32-3)13-28-24(31)19-12-25(10-17(19)11-25)29-23(30)14-34-18-6-7-20(26)21(27)9-18/h6-7,9,15-17,19,22H,5,8,10-14H2,1-4H3,(H,28,31)(H,29,30). The van der Waals surface area contributed by atoms with Gasteiger partial charge in [-0.05, 0) is 57.1 Å². The minimum atomic E-state index is -0.598. The van der Waals surface area contributed by atoms with Gasteiger partial charge in [0, 0.05) is 44.2 Å². The number of rotatable bonds is 13. The van der Waals surface area contributed by atoms with Gasteiger partial charge < -0.3 is 24.8 Å². The van der Waals surface area contributed by atoms with Gasteiger partial charge in [-0.15, -0.1) is 0 Å². The summed E-state index contributed by atoms with van der Waals surface area (Å²) in [5, 5.41) is 6.16. The Kier molecular flexibility index (Phi) is 9.18. The van der Waals surface area contributed by atoms with Crippen LogP contribution in [0.5, 0.6) is 5.75 Å². The predicted molar refractivity (Wildman–Crippen MR) is 127 cm³/mol. The summed E-state index contributed by atoms with van der Waals surface area (Å²) in [7, 11) is 3.39. The molecule has 0 radical (unpaired) electrons. The lowest BCUT2D eigenvalue weighted by Crippen LogP contribution is -2.53. The van der Waals surface area contributed by atoms with Crippen LogP contribution in [0.4, 0.5) is 4.39 Å². The van der Waals surface area contributed by atoms with Crippen LogP contribution in [0.3, 0.4) is 0 Å². The maximum atomic E-state index is 13.5. The van der Waals surface area contributed by atoms with Crippen LogP contribution in [-0.4, -0.2) is 56.9 Å². The van der Waals surface area contributed by atoms with Gasteiger partial charge in [-0.25, -0.2) is 4.39 Å². The molecule has 3 fully saturated rings. The fourth-order valence-corrected chi connectivity index (χ4v) is 5.55. The molecule has 4 unspecified atom stereocenters. The van der Waals surface area contributed by atoms with Crippen molar-refractivity contribution in [3.63, 3.8) is 0 Å². The van der Waals surface area contributed by atoms with E-state index in [1.807, 2.05) is 6.92 Å². The Balaban J connectivity index is 1.47. The first-order chi connectivity index (χ1) is 16.2. The van der Waals surface area contributed by atoms with Crippen LogP contribution in [0.1, 0.15) is 46.0 Å². The predicted octanol–water partition coefficient (Wildman–Crippen LogP) is 3.73. The Morgan fingerprint density at radius 1 is 1.24 bits per heavy atom. The first-order valence-corrected chi connectivity index (χ1v) is 12.3. The van der Waals surface area contributed by atoms with Gasteiger partial charge in [-0.3, -0.25) is 9.59 Å². The quantitative estimate of drug-likeness (QED) is 0.433. The summed E-state index contributed by atoms with van der Waals surface area (Å²) in [5.74, 6) is -0.291. The normalized spacial score (nSPS) is 25.7. The highest BCUT2D eigenvalue weighted by Crippen LogP contribution is 2.55. The van der Waals surface area contributed by atoms with Crippen LogP contribution >= 0.6 is 11.6 Å². The summed E-state index contributed by atoms with van der Waals surface area (Å²) < 4.78 is 30.0. The minimum Gasteiger partial charge on any atom is -0.484 e. The Morgan fingerprint density at radius 2 is 1.97 bits per heavy atom. The molecule has 4 rings (SSSR count). The fraction of sp³-hybridized carbons (Fsp3) is 0.680. The molecule has 0 aliphatic heterocycles. The molecule has 2 N–H and O–H groups in total. The molecule has 0 heterocycles. The summed E-state index contributed by atoms with van der Waals surface area (Å²) in [4.78, 5) is 25.4. The van der Waals surface area contributed by atoms with Crippen molar-refractivity contribution in [2.45, 2.75) is 63.7 Å². The second-order valence-corrected chi connectivity index (χ2v) is 10.0. The second kappa shape index (κ2) is 11.7. The van der Waals surface area contributed by atoms with Crippen molar-refractivity contribution in [3.05, 3.63) is 29.0 Å². The molecule has 1 aromatic carbocycles. The Morgan fingerprint density at radius 3 is 2.59 bits per heavy atom. The minimum absolute atomic E-state index is 0.00145. The highest BCUT2D eigenvalue weighted by molar-refractivity contribution is 6.30. The third-order valence-corrected chi connectivity index (χ3v) is 7.60. The van der Waals surface area contributed by atoms with E-state index in [0.717, 1.165) is 31.7 Å². The van der Waals surface area contributed by atoms with E-state index in [1.165, 1.54) is 12.1 Å². The van der Waals surface area contributed by atoms with E-state index in [0.29, 0.717) is 13.0 Å². The summed E-state index contributed by atoms with van der Waals surface area (Å²) in [5.41, 5.74) is -0.360. The molecule has 2 amide bonds. The van der Waals surface area contributed by atoms with Gasteiger partial charge >= 0.3 is 0 Å². The Labute approximate surface area is 206 Å². The number of hydrogen-bond donors (Lipinski definition) is 2. The van der Waals surface area contributed by atoms with Crippen molar-refractivity contribution in [1.82, 2.24) is 10.6 Å². The Hall–Kier alpha value is -1.90. The lowest BCUT2D eigenvalue weighted by atomic mass is 9.76. The van der Waals surface area contributed by atoms with E-state index in [1.54, 1.807) is 14.2 Å². The molecule has 1 aromatic rings. The molecular formula is C25H36ClFN2O5. The summed E-state index contributed by atoms with van der Waals surface area (Å²) in [6, 6.07) is 4.05. The zero-order chi connectivity index (χ0) is 24.9. The first kappa shape index (κ1) is 26.7. The van der Waals surface area contributed by atoms with Gasteiger partial charge in [0.05, 0.1) is 17.2 Å². The number of hydrogen-bond acceptors (Lipinski definition) is 5. The first-order valence-electron chi connectivity index (χ1n) is 11.9. The number of nitrogens with one attached hydrogen (secondary N) is 2. The molecule has 190 valence electrons. The number of carbonyl (C=O) groups is 2. The second-order valence-electron chi connectivity index (χ2n) is 9.64. The average molecular weight is 499 g/mol. The van der Waals surface area contributed by atoms with E-state index < -0.39 is 5.82 Å².